The molecular formula is C27H29ClFN5O4. The van der Waals surface area contributed by atoms with E-state index in [-0.39, 0.29) is 12.5 Å². The van der Waals surface area contributed by atoms with E-state index in [1.54, 1.807) is 24.3 Å². The molecule has 1 unspecified atom stereocenters. The molecule has 3 atom stereocenters. The van der Waals surface area contributed by atoms with Crippen LogP contribution in [0.15, 0.2) is 47.6 Å². The van der Waals surface area contributed by atoms with Gasteiger partial charge in [-0.15, -0.1) is 0 Å². The number of aliphatic hydroxyl groups is 1. The van der Waals surface area contributed by atoms with Crippen molar-refractivity contribution in [2.45, 2.75) is 25.0 Å². The van der Waals surface area contributed by atoms with Gasteiger partial charge in [0.05, 0.1) is 48.1 Å². The number of morpholine rings is 1. The number of allylic oxidation sites excluding steroid dienone is 1. The van der Waals surface area contributed by atoms with Gasteiger partial charge in [0.25, 0.3) is 0 Å². The number of aromatic amines is 1. The Morgan fingerprint density at radius 2 is 2.21 bits per heavy atom. The van der Waals surface area contributed by atoms with Crippen LogP contribution in [0.3, 0.4) is 0 Å². The van der Waals surface area contributed by atoms with Crippen molar-refractivity contribution in [2.75, 3.05) is 44.9 Å². The number of imidazole rings is 1. The molecule has 1 saturated heterocycles. The first kappa shape index (κ1) is 26.1. The third kappa shape index (κ3) is 5.24. The Morgan fingerprint density at radius 1 is 1.37 bits per heavy atom. The van der Waals surface area contributed by atoms with Gasteiger partial charge in [-0.2, -0.15) is 0 Å². The lowest BCUT2D eigenvalue weighted by Crippen LogP contribution is -2.43. The number of nitrogens with zero attached hydrogens (tertiary/aromatic N) is 3. The Balaban J connectivity index is 1.41. The summed E-state index contributed by atoms with van der Waals surface area (Å²) < 4.78 is 23.8. The number of halogens is 2. The molecule has 2 aliphatic rings. The quantitative estimate of drug-likeness (QED) is 0.421. The summed E-state index contributed by atoms with van der Waals surface area (Å²) in [6.45, 7) is 3.05. The molecular weight excluding hydrogens is 513 g/mol. The lowest BCUT2D eigenvalue weighted by molar-refractivity contribution is -0.120. The average molecular weight is 542 g/mol. The number of nitrogens with one attached hydrogen (secondary N) is 2. The molecule has 1 fully saturated rings. The van der Waals surface area contributed by atoms with Gasteiger partial charge in [-0.3, -0.25) is 9.79 Å². The highest BCUT2D eigenvalue weighted by Crippen LogP contribution is 2.30. The minimum Gasteiger partial charge on any atom is -0.495 e. The normalized spacial score (nSPS) is 21.7. The summed E-state index contributed by atoms with van der Waals surface area (Å²) in [6.07, 6.45) is 1.86. The molecule has 5 rings (SSSR count). The van der Waals surface area contributed by atoms with Crippen molar-refractivity contribution in [2.24, 2.45) is 4.99 Å². The van der Waals surface area contributed by atoms with E-state index in [1.807, 2.05) is 19.1 Å². The molecule has 38 heavy (non-hydrogen) atoms. The van der Waals surface area contributed by atoms with Crippen LogP contribution in [0.2, 0.25) is 5.02 Å². The molecule has 0 spiro atoms. The van der Waals surface area contributed by atoms with Gasteiger partial charge in [0.1, 0.15) is 30.3 Å². The third-order valence-corrected chi connectivity index (χ3v) is 7.07. The highest BCUT2D eigenvalue weighted by atomic mass is 35.5. The summed E-state index contributed by atoms with van der Waals surface area (Å²) in [5, 5.41) is 13.8. The van der Waals surface area contributed by atoms with Crippen LogP contribution in [-0.4, -0.2) is 72.8 Å². The molecule has 9 nitrogen and oxygen atoms in total. The fourth-order valence-electron chi connectivity index (χ4n) is 4.78. The molecule has 0 saturated carbocycles. The number of anilines is 1. The van der Waals surface area contributed by atoms with Crippen LogP contribution in [0.1, 0.15) is 29.0 Å². The van der Waals surface area contributed by atoms with Crippen molar-refractivity contribution in [1.29, 1.82) is 0 Å². The van der Waals surface area contributed by atoms with Crippen LogP contribution < -0.4 is 15.0 Å². The van der Waals surface area contributed by atoms with Crippen LogP contribution in [-0.2, 0) is 9.53 Å². The van der Waals surface area contributed by atoms with Crippen LogP contribution in [0, 0.1) is 6.92 Å². The zero-order valence-corrected chi connectivity index (χ0v) is 21.8. The molecule has 3 aromatic rings. The van der Waals surface area contributed by atoms with Crippen LogP contribution >= 0.6 is 11.6 Å². The van der Waals surface area contributed by atoms with Gasteiger partial charge in [-0.1, -0.05) is 17.7 Å². The first-order chi connectivity index (χ1) is 18.4. The standard InChI is InChI=1S/C27H29ClFN5O4/c1-15-9-17(34-7-8-38-18(12-29)14-34)11-21-25(15)33-26(32-21)24-20(5-6-30-27(24)36)31-13-22(35)16-3-4-23(37-2)19(28)10-16/h3-6,9-11,18,22,24,35H,7-8,12-14H2,1-2H3,(H,30,36)(H,32,33)/t18-,22+,24?/m1/s1. The van der Waals surface area contributed by atoms with E-state index in [0.29, 0.717) is 47.6 Å². The molecule has 2 aromatic carbocycles. The number of fused-ring (bicyclic) bond motifs is 1. The highest BCUT2D eigenvalue weighted by molar-refractivity contribution is 6.32. The summed E-state index contributed by atoms with van der Waals surface area (Å²) >= 11 is 6.20. The molecule has 0 aliphatic carbocycles. The van der Waals surface area contributed by atoms with E-state index in [2.05, 4.69) is 20.2 Å². The lowest BCUT2D eigenvalue weighted by atomic mass is 9.98. The molecule has 0 bridgehead atoms. The molecule has 3 heterocycles. The Labute approximate surface area is 224 Å². The number of ether oxygens (including phenoxy) is 2. The van der Waals surface area contributed by atoms with Crippen LogP contribution in [0.25, 0.3) is 11.0 Å². The van der Waals surface area contributed by atoms with E-state index in [1.165, 1.54) is 13.3 Å². The average Bonchev–Trinajstić information content (AvgIpc) is 3.36. The smallest absolute Gasteiger partial charge is 0.240 e. The topological polar surface area (TPSA) is 112 Å². The number of rotatable bonds is 7. The second-order valence-corrected chi connectivity index (χ2v) is 9.73. The number of amides is 1. The number of aromatic nitrogens is 2. The van der Waals surface area contributed by atoms with Crippen molar-refractivity contribution in [3.63, 3.8) is 0 Å². The van der Waals surface area contributed by atoms with Gasteiger partial charge in [-0.25, -0.2) is 9.37 Å². The maximum Gasteiger partial charge on any atom is 0.240 e. The van der Waals surface area contributed by atoms with Gasteiger partial charge in [0, 0.05) is 25.0 Å². The largest absolute Gasteiger partial charge is 0.495 e. The minimum absolute atomic E-state index is 0.0300. The van der Waals surface area contributed by atoms with Gasteiger partial charge in [0.15, 0.2) is 0 Å². The first-order valence-electron chi connectivity index (χ1n) is 12.3. The number of benzene rings is 2. The predicted molar refractivity (Wildman–Crippen MR) is 144 cm³/mol. The number of methoxy groups -OCH3 is 1. The summed E-state index contributed by atoms with van der Waals surface area (Å²) in [7, 11) is 1.52. The van der Waals surface area contributed by atoms with Crippen molar-refractivity contribution >= 4 is 39.9 Å². The number of hydrogen-bond donors (Lipinski definition) is 3. The van der Waals surface area contributed by atoms with Gasteiger partial charge in [-0.05, 0) is 48.4 Å². The number of aliphatic hydroxyl groups excluding tert-OH is 1. The Bertz CT molecular complexity index is 1410. The molecule has 1 aromatic heterocycles. The molecule has 0 radical (unpaired) electrons. The number of aryl methyl sites for hydroxylation is 1. The van der Waals surface area contributed by atoms with E-state index in [9.17, 15) is 14.3 Å². The number of carbonyl (C=O) groups excluding carboxylic acids is 1. The van der Waals surface area contributed by atoms with E-state index in [4.69, 9.17) is 26.1 Å². The number of H-pyrrole nitrogens is 1. The fourth-order valence-corrected chi connectivity index (χ4v) is 5.04. The fraction of sp³-hybridized carbons (Fsp3) is 0.370. The highest BCUT2D eigenvalue weighted by Gasteiger charge is 2.31. The summed E-state index contributed by atoms with van der Waals surface area (Å²) in [5.41, 5.74) is 4.45. The number of carbonyl (C=O) groups is 1. The van der Waals surface area contributed by atoms with Crippen LogP contribution in [0.5, 0.6) is 5.75 Å². The lowest BCUT2D eigenvalue weighted by Gasteiger charge is -2.33. The van der Waals surface area contributed by atoms with Gasteiger partial charge in [0.2, 0.25) is 5.91 Å². The van der Waals surface area contributed by atoms with Crippen molar-refractivity contribution in [1.82, 2.24) is 15.3 Å². The first-order valence-corrected chi connectivity index (χ1v) is 12.7. The summed E-state index contributed by atoms with van der Waals surface area (Å²) in [6, 6.07) is 9.02. The summed E-state index contributed by atoms with van der Waals surface area (Å²) in [4.78, 5) is 27.6. The monoisotopic (exact) mass is 541 g/mol. The van der Waals surface area contributed by atoms with Gasteiger partial charge < -0.3 is 29.8 Å². The van der Waals surface area contributed by atoms with E-state index < -0.39 is 24.8 Å². The van der Waals surface area contributed by atoms with E-state index >= 15 is 0 Å². The maximum absolute atomic E-state index is 13.2. The Morgan fingerprint density at radius 3 is 2.97 bits per heavy atom. The second kappa shape index (κ2) is 11.1. The predicted octanol–water partition coefficient (Wildman–Crippen LogP) is 3.61. The minimum atomic E-state index is -0.924. The Kier molecular flexibility index (Phi) is 7.64. The molecule has 11 heteroatoms. The zero-order chi connectivity index (χ0) is 26.8. The van der Waals surface area contributed by atoms with Crippen LogP contribution in [0.4, 0.5) is 10.1 Å². The van der Waals surface area contributed by atoms with Crippen molar-refractivity contribution in [3.8, 4) is 5.75 Å². The maximum atomic E-state index is 13.2. The molecule has 200 valence electrons. The number of alkyl halides is 1. The van der Waals surface area contributed by atoms with E-state index in [0.717, 1.165) is 22.3 Å². The number of hydrogen-bond acceptors (Lipinski definition) is 7. The van der Waals surface area contributed by atoms with Gasteiger partial charge >= 0.3 is 0 Å². The zero-order valence-electron chi connectivity index (χ0n) is 21.1. The molecule has 2 aliphatic heterocycles. The molecule has 3 N–H and O–H groups in total. The third-order valence-electron chi connectivity index (χ3n) is 6.77. The summed E-state index contributed by atoms with van der Waals surface area (Å²) in [5.74, 6) is -0.0862. The van der Waals surface area contributed by atoms with Crippen molar-refractivity contribution in [3.05, 3.63) is 64.6 Å². The second-order valence-electron chi connectivity index (χ2n) is 9.32. The molecule has 1 amide bonds. The van der Waals surface area contributed by atoms with Crippen molar-refractivity contribution < 1.29 is 23.8 Å². The Hall–Kier alpha value is -3.47. The SMILES string of the molecule is COc1ccc([C@@H](O)CN=C2C=CNC(=O)C2c2nc3c(C)cc(N4CCO[C@H](CF)C4)cc3[nH]2)cc1Cl. The number of aliphatic imine (C=N–C) groups is 1.